The summed E-state index contributed by atoms with van der Waals surface area (Å²) in [6.45, 7) is 4.00. The molecule has 0 aromatic heterocycles. The van der Waals surface area contributed by atoms with Crippen molar-refractivity contribution in [3.63, 3.8) is 0 Å². The van der Waals surface area contributed by atoms with Crippen LogP contribution < -0.4 is 0 Å². The molecule has 0 aliphatic rings. The number of carbonyl (C=O) groups excluding carboxylic acids is 1. The molecule has 3 heteroatoms. The lowest BCUT2D eigenvalue weighted by Crippen LogP contribution is -2.40. The van der Waals surface area contributed by atoms with E-state index in [9.17, 15) is 9.90 Å². The van der Waals surface area contributed by atoms with Gasteiger partial charge in [0.1, 0.15) is 0 Å². The van der Waals surface area contributed by atoms with Crippen LogP contribution in [0, 0.1) is 0 Å². The second-order valence-corrected chi connectivity index (χ2v) is 4.49. The fourth-order valence-electron chi connectivity index (χ4n) is 2.00. The van der Waals surface area contributed by atoms with Crippen molar-refractivity contribution in [2.75, 3.05) is 6.61 Å². The number of rotatable bonds is 7. The summed E-state index contributed by atoms with van der Waals surface area (Å²) in [7, 11) is 0. The summed E-state index contributed by atoms with van der Waals surface area (Å²) in [5.41, 5.74) is -0.225. The average molecular weight is 250 g/mol. The summed E-state index contributed by atoms with van der Waals surface area (Å²) in [6, 6.07) is 9.86. The molecule has 0 spiro atoms. The Morgan fingerprint density at radius 2 is 1.89 bits per heavy atom. The van der Waals surface area contributed by atoms with E-state index < -0.39 is 11.6 Å². The van der Waals surface area contributed by atoms with Gasteiger partial charge in [-0.3, -0.25) is 0 Å². The predicted octanol–water partition coefficient (Wildman–Crippen LogP) is 2.71. The Balaban J connectivity index is 2.65. The van der Waals surface area contributed by atoms with E-state index in [0.29, 0.717) is 25.9 Å². The number of esters is 1. The predicted molar refractivity (Wildman–Crippen MR) is 71.3 cm³/mol. The lowest BCUT2D eigenvalue weighted by molar-refractivity contribution is -0.166. The Morgan fingerprint density at radius 1 is 1.22 bits per heavy atom. The summed E-state index contributed by atoms with van der Waals surface area (Å²) < 4.78 is 4.96. The Morgan fingerprint density at radius 3 is 2.44 bits per heavy atom. The van der Waals surface area contributed by atoms with Crippen LogP contribution in [0.3, 0.4) is 0 Å². The van der Waals surface area contributed by atoms with Crippen LogP contribution in [0.15, 0.2) is 30.3 Å². The molecule has 3 nitrogen and oxygen atoms in total. The van der Waals surface area contributed by atoms with Crippen LogP contribution in [0.4, 0.5) is 0 Å². The first kappa shape index (κ1) is 14.7. The molecule has 1 unspecified atom stereocenters. The van der Waals surface area contributed by atoms with Crippen LogP contribution in [0.5, 0.6) is 0 Å². The fraction of sp³-hybridized carbons (Fsp3) is 0.533. The van der Waals surface area contributed by atoms with Crippen LogP contribution in [0.2, 0.25) is 0 Å². The highest BCUT2D eigenvalue weighted by Crippen LogP contribution is 2.22. The smallest absolute Gasteiger partial charge is 0.338 e. The number of benzene rings is 1. The Bertz CT molecular complexity index is 361. The third-order valence-corrected chi connectivity index (χ3v) is 2.99. The van der Waals surface area contributed by atoms with E-state index in [1.165, 1.54) is 0 Å². The van der Waals surface area contributed by atoms with Gasteiger partial charge in [-0.25, -0.2) is 4.79 Å². The van der Waals surface area contributed by atoms with Crippen molar-refractivity contribution >= 4 is 5.97 Å². The zero-order chi connectivity index (χ0) is 13.4. The van der Waals surface area contributed by atoms with Crippen LogP contribution in [-0.2, 0) is 16.0 Å². The van der Waals surface area contributed by atoms with Gasteiger partial charge < -0.3 is 9.84 Å². The molecule has 100 valence electrons. The maximum absolute atomic E-state index is 11.8. The molecule has 0 heterocycles. The summed E-state index contributed by atoms with van der Waals surface area (Å²) in [6.07, 6.45) is 2.28. The molecule has 0 bridgehead atoms. The highest BCUT2D eigenvalue weighted by molar-refractivity contribution is 5.79. The molecule has 1 aromatic rings. The molecular weight excluding hydrogens is 228 g/mol. The van der Waals surface area contributed by atoms with E-state index >= 15 is 0 Å². The van der Waals surface area contributed by atoms with Gasteiger partial charge in [0, 0.05) is 0 Å². The lowest BCUT2D eigenvalue weighted by atomic mass is 9.90. The topological polar surface area (TPSA) is 46.5 Å². The van der Waals surface area contributed by atoms with Crippen LogP contribution in [0.25, 0.3) is 0 Å². The first-order chi connectivity index (χ1) is 8.62. The second-order valence-electron chi connectivity index (χ2n) is 4.49. The van der Waals surface area contributed by atoms with Gasteiger partial charge in [0.05, 0.1) is 6.61 Å². The minimum Gasteiger partial charge on any atom is -0.464 e. The third kappa shape index (κ3) is 4.15. The normalized spacial score (nSPS) is 13.9. The monoisotopic (exact) mass is 250 g/mol. The summed E-state index contributed by atoms with van der Waals surface area (Å²) >= 11 is 0. The number of hydrogen-bond acceptors (Lipinski definition) is 3. The molecule has 0 radical (unpaired) electrons. The molecule has 0 amide bonds. The fourth-order valence-corrected chi connectivity index (χ4v) is 2.00. The van der Waals surface area contributed by atoms with Gasteiger partial charge in [-0.2, -0.15) is 0 Å². The van der Waals surface area contributed by atoms with Crippen molar-refractivity contribution in [2.45, 2.75) is 45.1 Å². The quantitative estimate of drug-likeness (QED) is 0.757. The van der Waals surface area contributed by atoms with Crippen molar-refractivity contribution < 1.29 is 14.6 Å². The molecule has 1 atom stereocenters. The molecule has 0 saturated carbocycles. The summed E-state index contributed by atoms with van der Waals surface area (Å²) in [5, 5.41) is 10.4. The van der Waals surface area contributed by atoms with Crippen molar-refractivity contribution in [2.24, 2.45) is 0 Å². The summed E-state index contributed by atoms with van der Waals surface area (Å²) in [4.78, 5) is 11.8. The molecule has 1 rings (SSSR count). The van der Waals surface area contributed by atoms with Gasteiger partial charge >= 0.3 is 5.97 Å². The van der Waals surface area contributed by atoms with E-state index in [4.69, 9.17) is 4.74 Å². The van der Waals surface area contributed by atoms with Gasteiger partial charge in [0.2, 0.25) is 0 Å². The Hall–Kier alpha value is -1.35. The highest BCUT2D eigenvalue weighted by atomic mass is 16.5. The minimum atomic E-state index is -1.35. The van der Waals surface area contributed by atoms with Crippen LogP contribution in [-0.4, -0.2) is 23.3 Å². The standard InChI is InChI=1S/C15H22O3/c1-3-11-15(17,14(16)18-4-2)12-10-13-8-6-5-7-9-13/h5-9,17H,3-4,10-12H2,1-2H3. The van der Waals surface area contributed by atoms with Crippen molar-refractivity contribution in [1.29, 1.82) is 0 Å². The number of aliphatic hydroxyl groups is 1. The average Bonchev–Trinajstić information content (AvgIpc) is 2.38. The number of aryl methyl sites for hydroxylation is 1. The third-order valence-electron chi connectivity index (χ3n) is 2.99. The summed E-state index contributed by atoms with van der Waals surface area (Å²) in [5.74, 6) is -0.497. The lowest BCUT2D eigenvalue weighted by Gasteiger charge is -2.25. The number of carbonyl (C=O) groups is 1. The molecule has 0 aliphatic carbocycles. The molecule has 0 fully saturated rings. The molecule has 1 N–H and O–H groups in total. The van der Waals surface area contributed by atoms with Crippen LogP contribution >= 0.6 is 0 Å². The number of ether oxygens (including phenoxy) is 1. The van der Waals surface area contributed by atoms with E-state index in [1.807, 2.05) is 37.3 Å². The molecule has 18 heavy (non-hydrogen) atoms. The number of hydrogen-bond donors (Lipinski definition) is 1. The van der Waals surface area contributed by atoms with E-state index in [-0.39, 0.29) is 0 Å². The SMILES string of the molecule is CCCC(O)(CCc1ccccc1)C(=O)OCC. The van der Waals surface area contributed by atoms with Crippen molar-refractivity contribution in [3.05, 3.63) is 35.9 Å². The van der Waals surface area contributed by atoms with E-state index in [1.54, 1.807) is 6.92 Å². The van der Waals surface area contributed by atoms with Gasteiger partial charge in [0.15, 0.2) is 5.60 Å². The largest absolute Gasteiger partial charge is 0.464 e. The molecule has 0 aliphatic heterocycles. The Kier molecular flexibility index (Phi) is 5.86. The van der Waals surface area contributed by atoms with E-state index in [0.717, 1.165) is 12.0 Å². The molecular formula is C15H22O3. The maximum Gasteiger partial charge on any atom is 0.338 e. The van der Waals surface area contributed by atoms with E-state index in [2.05, 4.69) is 0 Å². The van der Waals surface area contributed by atoms with Gasteiger partial charge in [0.25, 0.3) is 0 Å². The second kappa shape index (κ2) is 7.17. The van der Waals surface area contributed by atoms with Gasteiger partial charge in [-0.05, 0) is 31.7 Å². The first-order valence-electron chi connectivity index (χ1n) is 6.56. The molecule has 0 saturated heterocycles. The van der Waals surface area contributed by atoms with Crippen molar-refractivity contribution in [1.82, 2.24) is 0 Å². The van der Waals surface area contributed by atoms with Crippen molar-refractivity contribution in [3.8, 4) is 0 Å². The molecule has 1 aromatic carbocycles. The highest BCUT2D eigenvalue weighted by Gasteiger charge is 2.35. The van der Waals surface area contributed by atoms with Crippen LogP contribution in [0.1, 0.15) is 38.7 Å². The van der Waals surface area contributed by atoms with Gasteiger partial charge in [-0.1, -0.05) is 43.7 Å². The first-order valence-corrected chi connectivity index (χ1v) is 6.56. The zero-order valence-electron chi connectivity index (χ0n) is 11.2. The zero-order valence-corrected chi connectivity index (χ0v) is 11.2. The minimum absolute atomic E-state index is 0.302. The van der Waals surface area contributed by atoms with Gasteiger partial charge in [-0.15, -0.1) is 0 Å². The Labute approximate surface area is 109 Å². The maximum atomic E-state index is 11.8.